The third kappa shape index (κ3) is 2.84. The summed E-state index contributed by atoms with van der Waals surface area (Å²) < 4.78 is 1.45. The van der Waals surface area contributed by atoms with Gasteiger partial charge in [0.25, 0.3) is 5.56 Å². The Morgan fingerprint density at radius 3 is 2.85 bits per heavy atom. The van der Waals surface area contributed by atoms with E-state index in [1.165, 1.54) is 15.8 Å². The minimum Gasteiger partial charge on any atom is -0.337 e. The van der Waals surface area contributed by atoms with Crippen LogP contribution < -0.4 is 5.56 Å². The molecular formula is C20H21N3O2S. The molecule has 0 unspecified atom stereocenters. The molecule has 0 radical (unpaired) electrons. The number of carbonyl (C=O) groups excluding carboxylic acids is 1. The summed E-state index contributed by atoms with van der Waals surface area (Å²) in [7, 11) is 1.78. The van der Waals surface area contributed by atoms with E-state index in [0.717, 1.165) is 40.6 Å². The standard InChI is InChI=1S/C20H21N3O2S/c1-13(14-7-4-3-5-8-14)22(2)17(24)11-23-12-21-19-18(20(23)25)15-9-6-10-16(15)26-19/h3-5,7-8,12-13H,6,9-11H2,1-2H3/t13-/m0/s1. The fourth-order valence-corrected chi connectivity index (χ4v) is 4.78. The molecule has 0 spiro atoms. The molecule has 2 aromatic heterocycles. The van der Waals surface area contributed by atoms with Crippen molar-refractivity contribution in [2.75, 3.05) is 7.05 Å². The number of carbonyl (C=O) groups is 1. The first kappa shape index (κ1) is 17.0. The molecule has 26 heavy (non-hydrogen) atoms. The van der Waals surface area contributed by atoms with Gasteiger partial charge in [-0.2, -0.15) is 0 Å². The lowest BCUT2D eigenvalue weighted by Crippen LogP contribution is -2.35. The summed E-state index contributed by atoms with van der Waals surface area (Å²) in [5, 5.41) is 0.719. The molecule has 1 aliphatic rings. The highest BCUT2D eigenvalue weighted by Crippen LogP contribution is 2.34. The Morgan fingerprint density at radius 1 is 1.31 bits per heavy atom. The third-order valence-corrected chi connectivity index (χ3v) is 6.45. The van der Waals surface area contributed by atoms with Gasteiger partial charge in [0.15, 0.2) is 0 Å². The Hall–Kier alpha value is -2.47. The van der Waals surface area contributed by atoms with Crippen molar-refractivity contribution >= 4 is 27.5 Å². The fourth-order valence-electron chi connectivity index (χ4n) is 3.56. The molecule has 0 N–H and O–H groups in total. The van der Waals surface area contributed by atoms with Gasteiger partial charge in [-0.3, -0.25) is 14.2 Å². The van der Waals surface area contributed by atoms with Crippen LogP contribution in [0.25, 0.3) is 10.2 Å². The first-order valence-electron chi connectivity index (χ1n) is 8.86. The van der Waals surface area contributed by atoms with Gasteiger partial charge in [-0.25, -0.2) is 4.98 Å². The zero-order valence-corrected chi connectivity index (χ0v) is 15.8. The summed E-state index contributed by atoms with van der Waals surface area (Å²) in [6.07, 6.45) is 4.58. The van der Waals surface area contributed by atoms with Crippen LogP contribution in [0, 0.1) is 0 Å². The molecule has 5 nitrogen and oxygen atoms in total. The van der Waals surface area contributed by atoms with Crippen LogP contribution in [0.5, 0.6) is 0 Å². The number of amides is 1. The highest BCUT2D eigenvalue weighted by Gasteiger charge is 2.23. The van der Waals surface area contributed by atoms with Crippen molar-refractivity contribution in [3.05, 3.63) is 63.0 Å². The molecule has 3 aromatic rings. The van der Waals surface area contributed by atoms with Gasteiger partial charge in [0.1, 0.15) is 11.4 Å². The Labute approximate surface area is 155 Å². The lowest BCUT2D eigenvalue weighted by atomic mass is 10.1. The Kier molecular flexibility index (Phi) is 4.36. The maximum Gasteiger partial charge on any atom is 0.262 e. The largest absolute Gasteiger partial charge is 0.337 e. The quantitative estimate of drug-likeness (QED) is 0.712. The Balaban J connectivity index is 1.60. The van der Waals surface area contributed by atoms with Crippen LogP contribution in [0.3, 0.4) is 0 Å². The van der Waals surface area contributed by atoms with Gasteiger partial charge in [0, 0.05) is 11.9 Å². The van der Waals surface area contributed by atoms with Crippen molar-refractivity contribution in [1.82, 2.24) is 14.5 Å². The Morgan fingerprint density at radius 2 is 2.08 bits per heavy atom. The molecule has 6 heteroatoms. The van der Waals surface area contributed by atoms with E-state index in [0.29, 0.717) is 0 Å². The summed E-state index contributed by atoms with van der Waals surface area (Å²) >= 11 is 1.62. The molecule has 0 aliphatic heterocycles. The SMILES string of the molecule is C[C@@H](c1ccccc1)N(C)C(=O)Cn1cnc2sc3c(c2c1=O)CCC3. The number of nitrogens with zero attached hydrogens (tertiary/aromatic N) is 3. The number of likely N-dealkylation sites (N-methyl/N-ethyl adjacent to an activating group) is 1. The molecule has 1 aliphatic carbocycles. The molecule has 4 rings (SSSR count). The number of thiophene rings is 1. The van der Waals surface area contributed by atoms with Crippen LogP contribution in [0.1, 0.15) is 35.4 Å². The van der Waals surface area contributed by atoms with Crippen LogP contribution in [-0.4, -0.2) is 27.4 Å². The van der Waals surface area contributed by atoms with E-state index in [2.05, 4.69) is 4.98 Å². The molecule has 0 saturated heterocycles. The van der Waals surface area contributed by atoms with E-state index in [-0.39, 0.29) is 24.1 Å². The van der Waals surface area contributed by atoms with E-state index in [4.69, 9.17) is 0 Å². The maximum absolute atomic E-state index is 12.9. The highest BCUT2D eigenvalue weighted by molar-refractivity contribution is 7.18. The molecule has 2 heterocycles. The van der Waals surface area contributed by atoms with Crippen LogP contribution in [0.2, 0.25) is 0 Å². The maximum atomic E-state index is 12.9. The van der Waals surface area contributed by atoms with Crippen molar-refractivity contribution < 1.29 is 4.79 Å². The fraction of sp³-hybridized carbons (Fsp3) is 0.350. The predicted molar refractivity (Wildman–Crippen MR) is 104 cm³/mol. The Bertz CT molecular complexity index is 1020. The zero-order valence-electron chi connectivity index (χ0n) is 14.9. The monoisotopic (exact) mass is 367 g/mol. The van der Waals surface area contributed by atoms with Gasteiger partial charge < -0.3 is 4.90 Å². The average Bonchev–Trinajstić information content (AvgIpc) is 3.24. The molecule has 0 bridgehead atoms. The van der Waals surface area contributed by atoms with Crippen LogP contribution >= 0.6 is 11.3 Å². The smallest absolute Gasteiger partial charge is 0.262 e. The number of rotatable bonds is 4. The number of benzene rings is 1. The van der Waals surface area contributed by atoms with E-state index in [9.17, 15) is 9.59 Å². The van der Waals surface area contributed by atoms with Gasteiger partial charge in [0.05, 0.1) is 17.8 Å². The lowest BCUT2D eigenvalue weighted by Gasteiger charge is -2.25. The minimum absolute atomic E-state index is 0.0140. The minimum atomic E-state index is -0.100. The van der Waals surface area contributed by atoms with E-state index >= 15 is 0 Å². The highest BCUT2D eigenvalue weighted by atomic mass is 32.1. The third-order valence-electron chi connectivity index (χ3n) is 5.25. The first-order chi connectivity index (χ1) is 12.6. The van der Waals surface area contributed by atoms with Crippen molar-refractivity contribution in [3.8, 4) is 0 Å². The van der Waals surface area contributed by atoms with Gasteiger partial charge >= 0.3 is 0 Å². The van der Waals surface area contributed by atoms with Gasteiger partial charge in [-0.15, -0.1) is 11.3 Å². The summed E-state index contributed by atoms with van der Waals surface area (Å²) in [6, 6.07) is 9.83. The molecular weight excluding hydrogens is 346 g/mol. The first-order valence-corrected chi connectivity index (χ1v) is 9.68. The summed E-state index contributed by atoms with van der Waals surface area (Å²) in [6.45, 7) is 2.00. The molecule has 0 fully saturated rings. The average molecular weight is 367 g/mol. The number of aryl methyl sites for hydroxylation is 2. The van der Waals surface area contributed by atoms with Gasteiger partial charge in [0.2, 0.25) is 5.91 Å². The second kappa shape index (κ2) is 6.68. The molecule has 0 saturated carbocycles. The number of hydrogen-bond donors (Lipinski definition) is 0. The van der Waals surface area contributed by atoms with E-state index in [1.807, 2.05) is 37.3 Å². The molecule has 134 valence electrons. The second-order valence-corrected chi connectivity index (χ2v) is 7.89. The van der Waals surface area contributed by atoms with E-state index in [1.54, 1.807) is 23.3 Å². The van der Waals surface area contributed by atoms with Crippen LogP contribution in [0.15, 0.2) is 41.5 Å². The topological polar surface area (TPSA) is 55.2 Å². The van der Waals surface area contributed by atoms with Crippen molar-refractivity contribution in [3.63, 3.8) is 0 Å². The predicted octanol–water partition coefficient (Wildman–Crippen LogP) is 3.17. The molecule has 1 atom stereocenters. The summed E-state index contributed by atoms with van der Waals surface area (Å²) in [5.74, 6) is -0.100. The lowest BCUT2D eigenvalue weighted by molar-refractivity contribution is -0.132. The number of fused-ring (bicyclic) bond motifs is 3. The van der Waals surface area contributed by atoms with Gasteiger partial charge in [-0.1, -0.05) is 30.3 Å². The van der Waals surface area contributed by atoms with Gasteiger partial charge in [-0.05, 0) is 37.3 Å². The number of hydrogen-bond acceptors (Lipinski definition) is 4. The van der Waals surface area contributed by atoms with Crippen LogP contribution in [0.4, 0.5) is 0 Å². The molecule has 1 aromatic carbocycles. The normalized spacial score (nSPS) is 14.4. The summed E-state index contributed by atoms with van der Waals surface area (Å²) in [5.41, 5.74) is 2.12. The number of aromatic nitrogens is 2. The molecule has 1 amide bonds. The van der Waals surface area contributed by atoms with Crippen LogP contribution in [-0.2, 0) is 24.2 Å². The van der Waals surface area contributed by atoms with Crippen molar-refractivity contribution in [1.29, 1.82) is 0 Å². The van der Waals surface area contributed by atoms with Crippen molar-refractivity contribution in [2.24, 2.45) is 0 Å². The van der Waals surface area contributed by atoms with E-state index < -0.39 is 0 Å². The van der Waals surface area contributed by atoms with Crippen molar-refractivity contribution in [2.45, 2.75) is 38.8 Å². The summed E-state index contributed by atoms with van der Waals surface area (Å²) in [4.78, 5) is 33.8. The zero-order chi connectivity index (χ0) is 18.3. The second-order valence-electron chi connectivity index (χ2n) is 6.81.